The van der Waals surface area contributed by atoms with Crippen LogP contribution in [-0.2, 0) is 38.2 Å². The van der Waals surface area contributed by atoms with E-state index in [1.54, 1.807) is 0 Å². The van der Waals surface area contributed by atoms with E-state index in [9.17, 15) is 24.0 Å². The maximum absolute atomic E-state index is 11.1. The van der Waals surface area contributed by atoms with Crippen LogP contribution in [0.15, 0.2) is 62.3 Å². The van der Waals surface area contributed by atoms with Gasteiger partial charge < -0.3 is 24.4 Å². The van der Waals surface area contributed by atoms with Gasteiger partial charge in [-0.05, 0) is 13.8 Å². The van der Waals surface area contributed by atoms with Crippen LogP contribution in [0.5, 0.6) is 0 Å². The summed E-state index contributed by atoms with van der Waals surface area (Å²) in [5, 5.41) is 15.8. The van der Waals surface area contributed by atoms with Crippen LogP contribution in [-0.4, -0.2) is 59.4 Å². The molecule has 0 aliphatic heterocycles. The third-order valence-electron chi connectivity index (χ3n) is 2.61. The molecule has 0 fully saturated rings. The number of hydrogen-bond donors (Lipinski definition) is 2. The molecule has 31 heavy (non-hydrogen) atoms. The molecule has 0 spiro atoms. The van der Waals surface area contributed by atoms with Gasteiger partial charge in [-0.3, -0.25) is 0 Å². The molecule has 172 valence electrons. The highest BCUT2D eigenvalue weighted by Crippen LogP contribution is 2.03. The summed E-state index contributed by atoms with van der Waals surface area (Å²) in [6.45, 7) is 18.8. The molecule has 0 radical (unpaired) electrons. The zero-order valence-corrected chi connectivity index (χ0v) is 17.6. The second kappa shape index (κ2) is 19.4. The lowest BCUT2D eigenvalue weighted by molar-refractivity contribution is -0.154. The Balaban J connectivity index is -0.000000532. The van der Waals surface area contributed by atoms with Crippen molar-refractivity contribution in [2.45, 2.75) is 26.4 Å². The fourth-order valence-electron chi connectivity index (χ4n) is 0.973. The fourth-order valence-corrected chi connectivity index (χ4v) is 0.973. The molecule has 0 saturated heterocycles. The molecule has 0 aromatic carbocycles. The number of esters is 3. The average molecular weight is 440 g/mol. The van der Waals surface area contributed by atoms with Crippen molar-refractivity contribution in [3.8, 4) is 0 Å². The average Bonchev–Trinajstić information content (AvgIpc) is 2.71. The Morgan fingerprint density at radius 1 is 0.774 bits per heavy atom. The number of aliphatic carboxylic acids is 2. The van der Waals surface area contributed by atoms with Crippen molar-refractivity contribution < 1.29 is 48.4 Å². The van der Waals surface area contributed by atoms with E-state index in [-0.39, 0.29) is 30.8 Å². The summed E-state index contributed by atoms with van der Waals surface area (Å²) in [6.07, 6.45) is 2.45. The molecule has 0 amide bonds. The number of carboxylic acids is 2. The van der Waals surface area contributed by atoms with Gasteiger partial charge in [-0.2, -0.15) is 0 Å². The molecule has 0 aromatic rings. The quantitative estimate of drug-likeness (QED) is 0.278. The van der Waals surface area contributed by atoms with Crippen LogP contribution >= 0.6 is 0 Å². The summed E-state index contributed by atoms with van der Waals surface area (Å²) in [5.74, 6) is -3.75. The third kappa shape index (κ3) is 24.0. The highest BCUT2D eigenvalue weighted by Gasteiger charge is 2.15. The van der Waals surface area contributed by atoms with Gasteiger partial charge in [0.05, 0.1) is 6.61 Å². The van der Waals surface area contributed by atoms with E-state index in [1.807, 2.05) is 0 Å². The zero-order valence-electron chi connectivity index (χ0n) is 17.6. The van der Waals surface area contributed by atoms with Gasteiger partial charge in [-0.25, -0.2) is 24.0 Å². The molecule has 10 nitrogen and oxygen atoms in total. The topological polar surface area (TPSA) is 153 Å². The van der Waals surface area contributed by atoms with Crippen LogP contribution in [0.2, 0.25) is 0 Å². The maximum atomic E-state index is 11.1. The first-order chi connectivity index (χ1) is 14.3. The van der Waals surface area contributed by atoms with E-state index < -0.39 is 36.0 Å². The first kappa shape index (κ1) is 31.7. The summed E-state index contributed by atoms with van der Waals surface area (Å²) >= 11 is 0. The fraction of sp³-hybridized carbons (Fsp3) is 0.286. The molecule has 2 N–H and O–H groups in total. The second-order valence-electron chi connectivity index (χ2n) is 5.43. The lowest BCUT2D eigenvalue weighted by Gasteiger charge is -2.16. The lowest BCUT2D eigenvalue weighted by Crippen LogP contribution is -2.26. The first-order valence-electron chi connectivity index (χ1n) is 8.51. The van der Waals surface area contributed by atoms with Gasteiger partial charge in [0.2, 0.25) is 0 Å². The van der Waals surface area contributed by atoms with Crippen molar-refractivity contribution in [3.63, 3.8) is 0 Å². The van der Waals surface area contributed by atoms with Crippen LogP contribution in [0.4, 0.5) is 0 Å². The molecule has 0 saturated carbocycles. The number of carboxylic acid groups (broad SMARTS) is 2. The number of carbonyl (C=O) groups is 5. The van der Waals surface area contributed by atoms with E-state index in [4.69, 9.17) is 24.4 Å². The minimum atomic E-state index is -0.935. The van der Waals surface area contributed by atoms with Gasteiger partial charge in [0, 0.05) is 35.8 Å². The summed E-state index contributed by atoms with van der Waals surface area (Å²) in [6, 6.07) is 0. The van der Waals surface area contributed by atoms with Crippen molar-refractivity contribution >= 4 is 29.8 Å². The molecular formula is C21H28O10. The molecule has 0 aromatic heterocycles. The Kier molecular flexibility index (Phi) is 19.8. The normalized spacial score (nSPS) is 9.48. The molecule has 0 aliphatic carbocycles. The smallest absolute Gasteiger partial charge is 0.330 e. The van der Waals surface area contributed by atoms with Crippen LogP contribution in [0.3, 0.4) is 0 Å². The largest absolute Gasteiger partial charge is 0.478 e. The highest BCUT2D eigenvalue weighted by molar-refractivity contribution is 5.85. The number of hydrogen-bond acceptors (Lipinski definition) is 8. The molecule has 0 bridgehead atoms. The van der Waals surface area contributed by atoms with Crippen LogP contribution in [0.25, 0.3) is 0 Å². The summed E-state index contributed by atoms with van der Waals surface area (Å²) in [5.41, 5.74) is 0.352. The standard InChI is InChI=1S/C13H16O6.2C4H6O2/c1-4-11(14)17-8-7-10(19-13(16)6-3)9-18-12(15)5-2;2*1-3(2)4(5)6/h4-6,10H,1-3,7-9H2;2*1H2,2H3,(H,5,6). The maximum Gasteiger partial charge on any atom is 0.330 e. The summed E-state index contributed by atoms with van der Waals surface area (Å²) < 4.78 is 14.4. The minimum absolute atomic E-state index is 0.00554. The summed E-state index contributed by atoms with van der Waals surface area (Å²) in [4.78, 5) is 52.0. The number of ether oxygens (including phenoxy) is 3. The van der Waals surface area contributed by atoms with Crippen molar-refractivity contribution in [3.05, 3.63) is 62.3 Å². The van der Waals surface area contributed by atoms with Crippen LogP contribution < -0.4 is 0 Å². The predicted octanol–water partition coefficient (Wildman–Crippen LogP) is 2.23. The Hall–Kier alpha value is -3.95. The van der Waals surface area contributed by atoms with Crippen molar-refractivity contribution in [1.82, 2.24) is 0 Å². The highest BCUT2D eigenvalue weighted by atomic mass is 16.6. The van der Waals surface area contributed by atoms with Gasteiger partial charge in [-0.1, -0.05) is 32.9 Å². The minimum Gasteiger partial charge on any atom is -0.478 e. The lowest BCUT2D eigenvalue weighted by atomic mass is 10.3. The molecule has 10 heteroatoms. The van der Waals surface area contributed by atoms with E-state index in [0.29, 0.717) is 0 Å². The molecule has 1 atom stereocenters. The summed E-state index contributed by atoms with van der Waals surface area (Å²) in [7, 11) is 0. The number of rotatable bonds is 11. The third-order valence-corrected chi connectivity index (χ3v) is 2.61. The van der Waals surface area contributed by atoms with Crippen molar-refractivity contribution in [2.75, 3.05) is 13.2 Å². The molecule has 1 unspecified atom stereocenters. The Morgan fingerprint density at radius 2 is 1.13 bits per heavy atom. The molecule has 0 aliphatic rings. The van der Waals surface area contributed by atoms with Crippen LogP contribution in [0, 0.1) is 0 Å². The first-order valence-corrected chi connectivity index (χ1v) is 8.51. The Labute approximate surface area is 180 Å². The van der Waals surface area contributed by atoms with E-state index >= 15 is 0 Å². The monoisotopic (exact) mass is 440 g/mol. The van der Waals surface area contributed by atoms with Gasteiger partial charge in [0.1, 0.15) is 12.7 Å². The SMILES string of the molecule is C=C(C)C(=O)O.C=C(C)C(=O)O.C=CC(=O)OCCC(COC(=O)C=C)OC(=O)C=C. The second-order valence-corrected chi connectivity index (χ2v) is 5.43. The molecular weight excluding hydrogens is 412 g/mol. The van der Waals surface area contributed by atoms with Gasteiger partial charge in [0.25, 0.3) is 0 Å². The van der Waals surface area contributed by atoms with E-state index in [2.05, 4.69) is 32.9 Å². The van der Waals surface area contributed by atoms with Gasteiger partial charge in [-0.15, -0.1) is 0 Å². The zero-order chi connectivity index (χ0) is 25.0. The van der Waals surface area contributed by atoms with Crippen molar-refractivity contribution in [1.29, 1.82) is 0 Å². The van der Waals surface area contributed by atoms with Crippen LogP contribution in [0.1, 0.15) is 20.3 Å². The predicted molar refractivity (Wildman–Crippen MR) is 112 cm³/mol. The van der Waals surface area contributed by atoms with E-state index in [1.165, 1.54) is 13.8 Å². The molecule has 0 rings (SSSR count). The van der Waals surface area contributed by atoms with E-state index in [0.717, 1.165) is 18.2 Å². The Bertz CT molecular complexity index is 655. The number of carbonyl (C=O) groups excluding carboxylic acids is 3. The van der Waals surface area contributed by atoms with Gasteiger partial charge >= 0.3 is 29.8 Å². The Morgan fingerprint density at radius 3 is 1.45 bits per heavy atom. The van der Waals surface area contributed by atoms with Gasteiger partial charge in [0.15, 0.2) is 0 Å². The molecule has 0 heterocycles. The van der Waals surface area contributed by atoms with Crippen molar-refractivity contribution in [2.24, 2.45) is 0 Å².